The summed E-state index contributed by atoms with van der Waals surface area (Å²) in [6, 6.07) is 4.88. The summed E-state index contributed by atoms with van der Waals surface area (Å²) >= 11 is 0. The standard InChI is InChI=1S/C26H28F3N3O4/c1-26(29)11-17(12-26)25(34)32(14-16-4-3-9-36-15-16)23(20-10-22(35-2)30-13-21(20)28)24(33)31-19-7-5-18(27)6-8-19/h4-8,10,13,17,23H,3,9,11-12,14-15H2,1-2H3,(H,31,33). The second-order valence-corrected chi connectivity index (χ2v) is 9.34. The molecule has 192 valence electrons. The van der Waals surface area contributed by atoms with Gasteiger partial charge in [-0.05, 0) is 56.0 Å². The predicted octanol–water partition coefficient (Wildman–Crippen LogP) is 4.36. The van der Waals surface area contributed by atoms with E-state index in [1.165, 1.54) is 49.3 Å². The van der Waals surface area contributed by atoms with Gasteiger partial charge in [-0.1, -0.05) is 6.08 Å². The largest absolute Gasteiger partial charge is 0.481 e. The maximum absolute atomic E-state index is 15.1. The highest BCUT2D eigenvalue weighted by molar-refractivity contribution is 5.98. The molecular formula is C26H28F3N3O4. The summed E-state index contributed by atoms with van der Waals surface area (Å²) in [6.07, 6.45) is 3.48. The predicted molar refractivity (Wildman–Crippen MR) is 126 cm³/mol. The number of rotatable bonds is 8. The van der Waals surface area contributed by atoms with E-state index in [-0.39, 0.29) is 43.1 Å². The zero-order valence-electron chi connectivity index (χ0n) is 20.1. The summed E-state index contributed by atoms with van der Waals surface area (Å²) in [5.41, 5.74) is -0.594. The number of alkyl halides is 1. The van der Waals surface area contributed by atoms with Crippen LogP contribution in [0.2, 0.25) is 0 Å². The Hall–Kier alpha value is -3.40. The van der Waals surface area contributed by atoms with Crippen LogP contribution in [0.1, 0.15) is 37.8 Å². The molecule has 4 rings (SSSR count). The Labute approximate surface area is 207 Å². The molecule has 2 aromatic rings. The Morgan fingerprint density at radius 3 is 2.61 bits per heavy atom. The smallest absolute Gasteiger partial charge is 0.251 e. The highest BCUT2D eigenvalue weighted by atomic mass is 19.1. The number of pyridine rings is 1. The highest BCUT2D eigenvalue weighted by Crippen LogP contribution is 2.43. The number of amides is 2. The molecule has 1 fully saturated rings. The van der Waals surface area contributed by atoms with Gasteiger partial charge in [-0.25, -0.2) is 18.2 Å². The number of halogens is 3. The summed E-state index contributed by atoms with van der Waals surface area (Å²) in [5.74, 6) is -3.09. The third-order valence-electron chi connectivity index (χ3n) is 6.37. The van der Waals surface area contributed by atoms with Crippen LogP contribution < -0.4 is 10.1 Å². The number of aromatic nitrogens is 1. The minimum absolute atomic E-state index is 0.00628. The molecule has 0 saturated heterocycles. The van der Waals surface area contributed by atoms with Gasteiger partial charge >= 0.3 is 0 Å². The van der Waals surface area contributed by atoms with E-state index in [4.69, 9.17) is 9.47 Å². The molecular weight excluding hydrogens is 475 g/mol. The van der Waals surface area contributed by atoms with Crippen LogP contribution >= 0.6 is 0 Å². The fraction of sp³-hybridized carbons (Fsp3) is 0.423. The third-order valence-corrected chi connectivity index (χ3v) is 6.37. The third kappa shape index (κ3) is 5.87. The Morgan fingerprint density at radius 2 is 2.00 bits per heavy atom. The number of carbonyl (C=O) groups excluding carboxylic acids is 2. The molecule has 0 radical (unpaired) electrons. The molecule has 2 heterocycles. The SMILES string of the molecule is COc1cc(C(C(=O)Nc2ccc(F)cc2)N(CC2=CCCOC2)C(=O)C2CC(C)(F)C2)c(F)cn1. The van der Waals surface area contributed by atoms with E-state index in [0.717, 1.165) is 11.8 Å². The van der Waals surface area contributed by atoms with Gasteiger partial charge in [-0.15, -0.1) is 0 Å². The van der Waals surface area contributed by atoms with Crippen molar-refractivity contribution in [1.82, 2.24) is 9.88 Å². The number of anilines is 1. The zero-order valence-corrected chi connectivity index (χ0v) is 20.1. The van der Waals surface area contributed by atoms with Crippen LogP contribution in [0.5, 0.6) is 5.88 Å². The number of ether oxygens (including phenoxy) is 2. The average Bonchev–Trinajstić information content (AvgIpc) is 2.84. The summed E-state index contributed by atoms with van der Waals surface area (Å²) in [6.45, 7) is 2.20. The first-order chi connectivity index (χ1) is 17.2. The maximum Gasteiger partial charge on any atom is 0.251 e. The minimum atomic E-state index is -1.48. The molecule has 1 aromatic carbocycles. The first kappa shape index (κ1) is 25.7. The van der Waals surface area contributed by atoms with Crippen LogP contribution in [0.4, 0.5) is 18.9 Å². The van der Waals surface area contributed by atoms with Gasteiger partial charge in [0.2, 0.25) is 11.8 Å². The van der Waals surface area contributed by atoms with Crippen LogP contribution in [-0.4, -0.2) is 54.2 Å². The number of nitrogens with one attached hydrogen (secondary N) is 1. The molecule has 1 saturated carbocycles. The molecule has 1 unspecified atom stereocenters. The molecule has 7 nitrogen and oxygen atoms in total. The molecule has 1 aliphatic heterocycles. The van der Waals surface area contributed by atoms with Crippen molar-refractivity contribution in [3.05, 3.63) is 65.4 Å². The van der Waals surface area contributed by atoms with Crippen molar-refractivity contribution in [3.8, 4) is 5.88 Å². The lowest BCUT2D eigenvalue weighted by atomic mass is 9.72. The first-order valence-corrected chi connectivity index (χ1v) is 11.7. The van der Waals surface area contributed by atoms with E-state index in [2.05, 4.69) is 10.3 Å². The molecule has 10 heteroatoms. The lowest BCUT2D eigenvalue weighted by Gasteiger charge is -2.42. The van der Waals surface area contributed by atoms with Gasteiger partial charge in [-0.3, -0.25) is 9.59 Å². The lowest BCUT2D eigenvalue weighted by Crippen LogP contribution is -2.51. The van der Waals surface area contributed by atoms with Crippen LogP contribution in [-0.2, 0) is 14.3 Å². The molecule has 2 amide bonds. The van der Waals surface area contributed by atoms with E-state index >= 15 is 4.39 Å². The van der Waals surface area contributed by atoms with E-state index in [1.807, 2.05) is 6.08 Å². The number of benzene rings is 1. The van der Waals surface area contributed by atoms with Gasteiger partial charge in [0, 0.05) is 29.8 Å². The Bertz CT molecular complexity index is 1150. The highest BCUT2D eigenvalue weighted by Gasteiger charge is 2.48. The first-order valence-electron chi connectivity index (χ1n) is 11.7. The van der Waals surface area contributed by atoms with Crippen LogP contribution in [0, 0.1) is 17.6 Å². The van der Waals surface area contributed by atoms with Gasteiger partial charge in [-0.2, -0.15) is 0 Å². The Morgan fingerprint density at radius 1 is 1.28 bits per heavy atom. The molecule has 1 N–H and O–H groups in total. The Balaban J connectivity index is 1.75. The maximum atomic E-state index is 15.1. The van der Waals surface area contributed by atoms with Crippen molar-refractivity contribution in [2.45, 2.75) is 37.9 Å². The van der Waals surface area contributed by atoms with Crippen molar-refractivity contribution in [3.63, 3.8) is 0 Å². The van der Waals surface area contributed by atoms with Crippen molar-refractivity contribution in [1.29, 1.82) is 0 Å². The molecule has 1 atom stereocenters. The van der Waals surface area contributed by atoms with Gasteiger partial charge in [0.1, 0.15) is 23.3 Å². The van der Waals surface area contributed by atoms with Crippen molar-refractivity contribution in [2.75, 3.05) is 32.2 Å². The number of carbonyl (C=O) groups is 2. The van der Waals surface area contributed by atoms with E-state index in [9.17, 15) is 18.4 Å². The van der Waals surface area contributed by atoms with E-state index < -0.39 is 41.1 Å². The lowest BCUT2D eigenvalue weighted by molar-refractivity contribution is -0.149. The molecule has 1 aliphatic carbocycles. The van der Waals surface area contributed by atoms with Crippen LogP contribution in [0.25, 0.3) is 0 Å². The number of hydrogen-bond acceptors (Lipinski definition) is 5. The van der Waals surface area contributed by atoms with Gasteiger partial charge in [0.15, 0.2) is 0 Å². The van der Waals surface area contributed by atoms with Crippen LogP contribution in [0.15, 0.2) is 48.2 Å². The van der Waals surface area contributed by atoms with Gasteiger partial charge < -0.3 is 19.7 Å². The van der Waals surface area contributed by atoms with Gasteiger partial charge in [0.25, 0.3) is 5.91 Å². The second kappa shape index (κ2) is 10.7. The molecule has 2 aliphatic rings. The summed E-state index contributed by atoms with van der Waals surface area (Å²) in [4.78, 5) is 32.4. The quantitative estimate of drug-likeness (QED) is 0.542. The average molecular weight is 504 g/mol. The van der Waals surface area contributed by atoms with Crippen LogP contribution in [0.3, 0.4) is 0 Å². The second-order valence-electron chi connectivity index (χ2n) is 9.34. The Kier molecular flexibility index (Phi) is 7.63. The zero-order chi connectivity index (χ0) is 25.9. The van der Waals surface area contributed by atoms with E-state index in [0.29, 0.717) is 13.0 Å². The number of hydrogen-bond donors (Lipinski definition) is 1. The normalized spacial score (nSPS) is 22.1. The van der Waals surface area contributed by atoms with Gasteiger partial charge in [0.05, 0.1) is 26.5 Å². The fourth-order valence-corrected chi connectivity index (χ4v) is 4.56. The minimum Gasteiger partial charge on any atom is -0.481 e. The topological polar surface area (TPSA) is 80.8 Å². The van der Waals surface area contributed by atoms with E-state index in [1.54, 1.807) is 0 Å². The van der Waals surface area contributed by atoms with Crippen molar-refractivity contribution < 1.29 is 32.2 Å². The molecule has 0 bridgehead atoms. The molecule has 1 aromatic heterocycles. The number of methoxy groups -OCH3 is 1. The fourth-order valence-electron chi connectivity index (χ4n) is 4.56. The van der Waals surface area contributed by atoms with Crippen molar-refractivity contribution in [2.24, 2.45) is 5.92 Å². The molecule has 36 heavy (non-hydrogen) atoms. The summed E-state index contributed by atoms with van der Waals surface area (Å²) in [7, 11) is 1.35. The summed E-state index contributed by atoms with van der Waals surface area (Å²) in [5, 5.41) is 2.64. The van der Waals surface area contributed by atoms with Crippen molar-refractivity contribution >= 4 is 17.5 Å². The monoisotopic (exact) mass is 503 g/mol. The number of nitrogens with zero attached hydrogens (tertiary/aromatic N) is 2. The molecule has 0 spiro atoms. The summed E-state index contributed by atoms with van der Waals surface area (Å²) < 4.78 is 53.5.